The first-order valence-electron chi connectivity index (χ1n) is 9.08. The fourth-order valence-corrected chi connectivity index (χ4v) is 3.11. The number of benzene rings is 1. The van der Waals surface area contributed by atoms with Gasteiger partial charge in [-0.1, -0.05) is 29.4 Å². The van der Waals surface area contributed by atoms with Gasteiger partial charge in [0, 0.05) is 38.1 Å². The molecule has 0 aliphatic carbocycles. The highest BCUT2D eigenvalue weighted by atomic mass is 16.6. The van der Waals surface area contributed by atoms with Crippen LogP contribution < -0.4 is 10.6 Å². The van der Waals surface area contributed by atoms with Crippen molar-refractivity contribution in [2.24, 2.45) is 5.16 Å². The van der Waals surface area contributed by atoms with Crippen molar-refractivity contribution in [1.29, 1.82) is 0 Å². The molecule has 1 saturated heterocycles. The Hall–Kier alpha value is -2.41. The van der Waals surface area contributed by atoms with Gasteiger partial charge in [-0.15, -0.1) is 0 Å². The minimum Gasteiger partial charge on any atom is -0.382 e. The molecule has 0 bridgehead atoms. The lowest BCUT2D eigenvalue weighted by Crippen LogP contribution is -2.38. The van der Waals surface area contributed by atoms with Crippen LogP contribution in [0.4, 0.5) is 0 Å². The molecule has 0 spiro atoms. The standard InChI is InChI=1S/C19H25N3O4/c1-13-5-2-3-7-15(13)16-11-17(26-22-16)19(24)20-9-8-18(23)21-12-14-6-4-10-25-14/h2-3,5,7,14,17H,4,6,8-12H2,1H3,(H,20,24)(H,21,23)/t14-,17-/m1/s1. The molecule has 0 radical (unpaired) electrons. The quantitative estimate of drug-likeness (QED) is 0.768. The third kappa shape index (κ3) is 4.82. The summed E-state index contributed by atoms with van der Waals surface area (Å²) in [6.45, 7) is 3.58. The maximum Gasteiger partial charge on any atom is 0.264 e. The van der Waals surface area contributed by atoms with Crippen molar-refractivity contribution >= 4 is 17.5 Å². The van der Waals surface area contributed by atoms with Crippen molar-refractivity contribution in [2.45, 2.75) is 44.8 Å². The summed E-state index contributed by atoms with van der Waals surface area (Å²) in [4.78, 5) is 29.3. The number of nitrogens with one attached hydrogen (secondary N) is 2. The van der Waals surface area contributed by atoms with Gasteiger partial charge in [0.1, 0.15) is 0 Å². The first kappa shape index (κ1) is 18.4. The van der Waals surface area contributed by atoms with E-state index in [0.29, 0.717) is 13.0 Å². The van der Waals surface area contributed by atoms with Crippen LogP contribution in [0.25, 0.3) is 0 Å². The molecule has 7 heteroatoms. The van der Waals surface area contributed by atoms with Gasteiger partial charge in [0.05, 0.1) is 11.8 Å². The van der Waals surface area contributed by atoms with Gasteiger partial charge >= 0.3 is 0 Å². The van der Waals surface area contributed by atoms with Crippen LogP contribution in [-0.2, 0) is 19.2 Å². The van der Waals surface area contributed by atoms with Gasteiger partial charge in [-0.2, -0.15) is 0 Å². The fourth-order valence-electron chi connectivity index (χ4n) is 3.11. The van der Waals surface area contributed by atoms with Crippen LogP contribution >= 0.6 is 0 Å². The van der Waals surface area contributed by atoms with Crippen LogP contribution in [0.3, 0.4) is 0 Å². The molecule has 7 nitrogen and oxygen atoms in total. The molecule has 140 valence electrons. The van der Waals surface area contributed by atoms with Gasteiger partial charge in [0.15, 0.2) is 0 Å². The SMILES string of the molecule is Cc1ccccc1C1=NO[C@@H](C(=O)NCCC(=O)NC[C@H]2CCCO2)C1. The fraction of sp³-hybridized carbons (Fsp3) is 0.526. The van der Waals surface area contributed by atoms with E-state index in [1.165, 1.54) is 0 Å². The van der Waals surface area contributed by atoms with E-state index in [9.17, 15) is 9.59 Å². The van der Waals surface area contributed by atoms with E-state index in [4.69, 9.17) is 9.57 Å². The Balaban J connectivity index is 1.35. The molecule has 1 fully saturated rings. The summed E-state index contributed by atoms with van der Waals surface area (Å²) in [5.74, 6) is -0.339. The lowest BCUT2D eigenvalue weighted by Gasteiger charge is -2.12. The molecule has 0 unspecified atom stereocenters. The summed E-state index contributed by atoms with van der Waals surface area (Å²) in [6.07, 6.45) is 2.18. The van der Waals surface area contributed by atoms with Crippen LogP contribution in [0.2, 0.25) is 0 Å². The molecule has 0 aromatic heterocycles. The van der Waals surface area contributed by atoms with E-state index in [2.05, 4.69) is 15.8 Å². The van der Waals surface area contributed by atoms with Crippen LogP contribution in [0.5, 0.6) is 0 Å². The largest absolute Gasteiger partial charge is 0.382 e. The summed E-state index contributed by atoms with van der Waals surface area (Å²) in [6, 6.07) is 7.87. The summed E-state index contributed by atoms with van der Waals surface area (Å²) >= 11 is 0. The minimum atomic E-state index is -0.639. The molecule has 2 amide bonds. The summed E-state index contributed by atoms with van der Waals surface area (Å²) in [5.41, 5.74) is 2.87. The van der Waals surface area contributed by atoms with Crippen LogP contribution in [-0.4, -0.2) is 49.4 Å². The van der Waals surface area contributed by atoms with E-state index >= 15 is 0 Å². The highest BCUT2D eigenvalue weighted by Gasteiger charge is 2.29. The molecule has 2 aliphatic heterocycles. The Morgan fingerprint density at radius 3 is 2.88 bits per heavy atom. The number of nitrogens with zero attached hydrogens (tertiary/aromatic N) is 1. The predicted octanol–water partition coefficient (Wildman–Crippen LogP) is 1.29. The third-order valence-corrected chi connectivity index (χ3v) is 4.62. The number of oxime groups is 1. The molecule has 26 heavy (non-hydrogen) atoms. The zero-order chi connectivity index (χ0) is 18.4. The number of rotatable bonds is 7. The number of amides is 2. The second kappa shape index (κ2) is 8.80. The highest BCUT2D eigenvalue weighted by Crippen LogP contribution is 2.19. The van der Waals surface area contributed by atoms with Gasteiger partial charge in [0.25, 0.3) is 5.91 Å². The van der Waals surface area contributed by atoms with Crippen molar-refractivity contribution < 1.29 is 19.2 Å². The highest BCUT2D eigenvalue weighted by molar-refractivity contribution is 6.05. The number of carbonyl (C=O) groups excluding carboxylic acids is 2. The lowest BCUT2D eigenvalue weighted by atomic mass is 10.0. The zero-order valence-electron chi connectivity index (χ0n) is 15.0. The first-order valence-corrected chi connectivity index (χ1v) is 9.08. The Bertz CT molecular complexity index is 683. The second-order valence-electron chi connectivity index (χ2n) is 6.63. The number of hydrogen-bond donors (Lipinski definition) is 2. The van der Waals surface area contributed by atoms with Gasteiger partial charge in [-0.05, 0) is 25.3 Å². The molecule has 2 atom stereocenters. The number of hydrogen-bond acceptors (Lipinski definition) is 5. The molecule has 1 aromatic carbocycles. The van der Waals surface area contributed by atoms with Crippen molar-refractivity contribution in [1.82, 2.24) is 10.6 Å². The maximum atomic E-state index is 12.2. The van der Waals surface area contributed by atoms with Gasteiger partial charge in [0.2, 0.25) is 12.0 Å². The van der Waals surface area contributed by atoms with E-state index in [-0.39, 0.29) is 30.9 Å². The molecule has 0 saturated carbocycles. The van der Waals surface area contributed by atoms with Gasteiger partial charge in [-0.3, -0.25) is 9.59 Å². The van der Waals surface area contributed by atoms with E-state index in [0.717, 1.165) is 36.3 Å². The van der Waals surface area contributed by atoms with E-state index in [1.54, 1.807) is 0 Å². The van der Waals surface area contributed by atoms with Crippen molar-refractivity contribution in [3.63, 3.8) is 0 Å². The Labute approximate surface area is 153 Å². The van der Waals surface area contributed by atoms with Gasteiger partial charge < -0.3 is 20.2 Å². The Morgan fingerprint density at radius 2 is 2.12 bits per heavy atom. The van der Waals surface area contributed by atoms with Gasteiger partial charge in [-0.25, -0.2) is 0 Å². The Morgan fingerprint density at radius 1 is 1.27 bits per heavy atom. The summed E-state index contributed by atoms with van der Waals surface area (Å²) < 4.78 is 5.45. The van der Waals surface area contributed by atoms with Crippen molar-refractivity contribution in [3.8, 4) is 0 Å². The summed E-state index contributed by atoms with van der Waals surface area (Å²) in [5, 5.41) is 9.62. The molecule has 2 heterocycles. The number of carbonyl (C=O) groups is 2. The second-order valence-corrected chi connectivity index (χ2v) is 6.63. The normalized spacial score (nSPS) is 21.8. The smallest absolute Gasteiger partial charge is 0.264 e. The summed E-state index contributed by atoms with van der Waals surface area (Å²) in [7, 11) is 0. The van der Waals surface area contributed by atoms with Crippen molar-refractivity contribution in [2.75, 3.05) is 19.7 Å². The topological polar surface area (TPSA) is 89.0 Å². The third-order valence-electron chi connectivity index (χ3n) is 4.62. The monoisotopic (exact) mass is 359 g/mol. The maximum absolute atomic E-state index is 12.2. The zero-order valence-corrected chi connectivity index (χ0v) is 15.0. The van der Waals surface area contributed by atoms with Crippen molar-refractivity contribution in [3.05, 3.63) is 35.4 Å². The molecule has 3 rings (SSSR count). The van der Waals surface area contributed by atoms with Crippen LogP contribution in [0.1, 0.15) is 36.8 Å². The number of aryl methyl sites for hydroxylation is 1. The average molecular weight is 359 g/mol. The van der Waals surface area contributed by atoms with Crippen LogP contribution in [0, 0.1) is 6.92 Å². The molecular formula is C19H25N3O4. The molecule has 1 aromatic rings. The lowest BCUT2D eigenvalue weighted by molar-refractivity contribution is -0.131. The van der Waals surface area contributed by atoms with E-state index < -0.39 is 6.10 Å². The minimum absolute atomic E-state index is 0.0926. The van der Waals surface area contributed by atoms with E-state index in [1.807, 2.05) is 31.2 Å². The predicted molar refractivity (Wildman–Crippen MR) is 96.8 cm³/mol. The van der Waals surface area contributed by atoms with Crippen LogP contribution in [0.15, 0.2) is 29.4 Å². The average Bonchev–Trinajstić information content (AvgIpc) is 3.32. The molecule has 2 N–H and O–H groups in total. The molecule has 2 aliphatic rings. The first-order chi connectivity index (χ1) is 12.6. The Kier molecular flexibility index (Phi) is 6.22. The molecular weight excluding hydrogens is 334 g/mol. The number of ether oxygens (including phenoxy) is 1.